The molecule has 78 valence electrons. The first kappa shape index (κ1) is 9.86. The molecule has 0 radical (unpaired) electrons. The number of hydrogen-bond acceptors (Lipinski definition) is 3. The second-order valence-corrected chi connectivity index (χ2v) is 3.38. The predicted octanol–water partition coefficient (Wildman–Crippen LogP) is 1.02. The molecule has 2 heterocycles. The van der Waals surface area contributed by atoms with Crippen LogP contribution in [0.3, 0.4) is 0 Å². The molecule has 0 amide bonds. The number of nitrogens with zero attached hydrogens (tertiary/aromatic N) is 3. The first-order chi connectivity index (χ1) is 7.31. The standard InChI is InChI=1S/C11H13N3O/c1-14-8-10(4-7-15)13-11(14)9-2-5-12-6-3-9/h2-3,5-6,8,15H,4,7H2,1H3. The lowest BCUT2D eigenvalue weighted by Gasteiger charge is -1.99. The Kier molecular flexibility index (Phi) is 2.78. The van der Waals surface area contributed by atoms with Crippen LogP contribution in [0.25, 0.3) is 11.4 Å². The Bertz CT molecular complexity index is 436. The van der Waals surface area contributed by atoms with E-state index in [4.69, 9.17) is 5.11 Å². The molecule has 2 aromatic heterocycles. The van der Waals surface area contributed by atoms with Crippen molar-refractivity contribution in [1.82, 2.24) is 14.5 Å². The first-order valence-corrected chi connectivity index (χ1v) is 4.85. The van der Waals surface area contributed by atoms with Crippen LogP contribution in [0.4, 0.5) is 0 Å². The van der Waals surface area contributed by atoms with Gasteiger partial charge in [0.05, 0.1) is 5.69 Å². The Morgan fingerprint density at radius 2 is 2.07 bits per heavy atom. The monoisotopic (exact) mass is 203 g/mol. The van der Waals surface area contributed by atoms with Gasteiger partial charge in [-0.3, -0.25) is 4.98 Å². The summed E-state index contributed by atoms with van der Waals surface area (Å²) in [6.07, 6.45) is 6.02. The number of aliphatic hydroxyl groups is 1. The van der Waals surface area contributed by atoms with Gasteiger partial charge in [0.25, 0.3) is 0 Å². The topological polar surface area (TPSA) is 50.9 Å². The second-order valence-electron chi connectivity index (χ2n) is 3.38. The third-order valence-corrected chi connectivity index (χ3v) is 2.23. The summed E-state index contributed by atoms with van der Waals surface area (Å²) in [5, 5.41) is 8.83. The molecular formula is C11H13N3O. The van der Waals surface area contributed by atoms with Crippen LogP contribution < -0.4 is 0 Å². The van der Waals surface area contributed by atoms with Crippen LogP contribution in [0.2, 0.25) is 0 Å². The smallest absolute Gasteiger partial charge is 0.140 e. The van der Waals surface area contributed by atoms with E-state index in [2.05, 4.69) is 9.97 Å². The Morgan fingerprint density at radius 1 is 1.33 bits per heavy atom. The number of hydrogen-bond donors (Lipinski definition) is 1. The zero-order chi connectivity index (χ0) is 10.7. The van der Waals surface area contributed by atoms with Crippen molar-refractivity contribution in [3.05, 3.63) is 36.4 Å². The highest BCUT2D eigenvalue weighted by atomic mass is 16.3. The number of rotatable bonds is 3. The van der Waals surface area contributed by atoms with Crippen molar-refractivity contribution < 1.29 is 5.11 Å². The number of pyridine rings is 1. The minimum Gasteiger partial charge on any atom is -0.396 e. The summed E-state index contributed by atoms with van der Waals surface area (Å²) in [7, 11) is 1.95. The minimum absolute atomic E-state index is 0.132. The Hall–Kier alpha value is -1.68. The Labute approximate surface area is 88.2 Å². The van der Waals surface area contributed by atoms with Gasteiger partial charge in [-0.25, -0.2) is 4.98 Å². The molecule has 0 aromatic carbocycles. The summed E-state index contributed by atoms with van der Waals surface area (Å²) < 4.78 is 1.96. The maximum Gasteiger partial charge on any atom is 0.140 e. The Balaban J connectivity index is 2.36. The highest BCUT2D eigenvalue weighted by Gasteiger charge is 2.06. The summed E-state index contributed by atoms with van der Waals surface area (Å²) in [4.78, 5) is 8.41. The highest BCUT2D eigenvalue weighted by Crippen LogP contribution is 2.16. The summed E-state index contributed by atoms with van der Waals surface area (Å²) in [5.74, 6) is 0.904. The summed E-state index contributed by atoms with van der Waals surface area (Å²) in [6.45, 7) is 0.132. The lowest BCUT2D eigenvalue weighted by Crippen LogP contribution is -1.90. The molecule has 0 fully saturated rings. The summed E-state index contributed by atoms with van der Waals surface area (Å²) in [6, 6.07) is 3.84. The first-order valence-electron chi connectivity index (χ1n) is 4.85. The average molecular weight is 203 g/mol. The van der Waals surface area contributed by atoms with E-state index in [0.29, 0.717) is 6.42 Å². The van der Waals surface area contributed by atoms with Crippen molar-refractivity contribution in [2.75, 3.05) is 6.61 Å². The lowest BCUT2D eigenvalue weighted by molar-refractivity contribution is 0.298. The fraction of sp³-hybridized carbons (Fsp3) is 0.273. The third-order valence-electron chi connectivity index (χ3n) is 2.23. The number of aliphatic hydroxyl groups excluding tert-OH is 1. The van der Waals surface area contributed by atoms with Crippen LogP contribution in [0, 0.1) is 0 Å². The number of imidazole rings is 1. The molecule has 0 aliphatic heterocycles. The lowest BCUT2D eigenvalue weighted by atomic mass is 10.2. The van der Waals surface area contributed by atoms with E-state index in [1.54, 1.807) is 12.4 Å². The van der Waals surface area contributed by atoms with Gasteiger partial charge in [0.1, 0.15) is 5.82 Å². The quantitative estimate of drug-likeness (QED) is 0.810. The third kappa shape index (κ3) is 2.05. The van der Waals surface area contributed by atoms with Crippen molar-refractivity contribution in [1.29, 1.82) is 0 Å². The van der Waals surface area contributed by atoms with Gasteiger partial charge in [0.2, 0.25) is 0 Å². The molecule has 0 saturated heterocycles. The Morgan fingerprint density at radius 3 is 2.73 bits per heavy atom. The molecule has 0 atom stereocenters. The van der Waals surface area contributed by atoms with Gasteiger partial charge in [0.15, 0.2) is 0 Å². The van der Waals surface area contributed by atoms with Crippen molar-refractivity contribution in [2.24, 2.45) is 7.05 Å². The number of aromatic nitrogens is 3. The van der Waals surface area contributed by atoms with Crippen molar-refractivity contribution >= 4 is 0 Å². The molecule has 0 aliphatic rings. The van der Waals surface area contributed by atoms with Crippen LogP contribution in [0.5, 0.6) is 0 Å². The molecule has 0 unspecified atom stereocenters. The fourth-order valence-electron chi connectivity index (χ4n) is 1.53. The van der Waals surface area contributed by atoms with Gasteiger partial charge < -0.3 is 9.67 Å². The van der Waals surface area contributed by atoms with Gasteiger partial charge in [-0.1, -0.05) is 0 Å². The van der Waals surface area contributed by atoms with Crippen LogP contribution in [-0.4, -0.2) is 26.2 Å². The largest absolute Gasteiger partial charge is 0.396 e. The van der Waals surface area contributed by atoms with Gasteiger partial charge >= 0.3 is 0 Å². The van der Waals surface area contributed by atoms with Gasteiger partial charge in [-0.15, -0.1) is 0 Å². The van der Waals surface area contributed by atoms with E-state index < -0.39 is 0 Å². The van der Waals surface area contributed by atoms with Crippen molar-refractivity contribution in [2.45, 2.75) is 6.42 Å². The molecule has 2 rings (SSSR count). The van der Waals surface area contributed by atoms with Crippen LogP contribution in [0.15, 0.2) is 30.7 Å². The number of aryl methyl sites for hydroxylation is 1. The van der Waals surface area contributed by atoms with Crippen LogP contribution in [-0.2, 0) is 13.5 Å². The minimum atomic E-state index is 0.132. The zero-order valence-electron chi connectivity index (χ0n) is 8.59. The second kappa shape index (κ2) is 4.23. The molecule has 0 spiro atoms. The SMILES string of the molecule is Cn1cc(CCO)nc1-c1ccncc1. The van der Waals surface area contributed by atoms with Crippen molar-refractivity contribution in [3.63, 3.8) is 0 Å². The summed E-state index contributed by atoms with van der Waals surface area (Å²) >= 11 is 0. The normalized spacial score (nSPS) is 10.5. The maximum absolute atomic E-state index is 8.83. The zero-order valence-corrected chi connectivity index (χ0v) is 8.59. The average Bonchev–Trinajstić information content (AvgIpc) is 2.61. The molecule has 15 heavy (non-hydrogen) atoms. The van der Waals surface area contributed by atoms with Crippen LogP contribution >= 0.6 is 0 Å². The van der Waals surface area contributed by atoms with Gasteiger partial charge in [-0.2, -0.15) is 0 Å². The van der Waals surface area contributed by atoms with E-state index in [1.807, 2.05) is 29.9 Å². The molecule has 0 bridgehead atoms. The predicted molar refractivity (Wildman–Crippen MR) is 57.2 cm³/mol. The van der Waals surface area contributed by atoms with E-state index in [0.717, 1.165) is 17.1 Å². The molecule has 4 nitrogen and oxygen atoms in total. The molecule has 0 saturated carbocycles. The fourth-order valence-corrected chi connectivity index (χ4v) is 1.53. The summed E-state index contributed by atoms with van der Waals surface area (Å²) in [5.41, 5.74) is 1.95. The molecular weight excluding hydrogens is 190 g/mol. The maximum atomic E-state index is 8.83. The van der Waals surface area contributed by atoms with Crippen molar-refractivity contribution in [3.8, 4) is 11.4 Å². The van der Waals surface area contributed by atoms with Gasteiger partial charge in [-0.05, 0) is 12.1 Å². The highest BCUT2D eigenvalue weighted by molar-refractivity contribution is 5.54. The molecule has 2 aromatic rings. The van der Waals surface area contributed by atoms with E-state index in [-0.39, 0.29) is 6.61 Å². The molecule has 4 heteroatoms. The van der Waals surface area contributed by atoms with E-state index in [9.17, 15) is 0 Å². The van der Waals surface area contributed by atoms with Gasteiger partial charge in [0, 0.05) is 44.2 Å². The van der Waals surface area contributed by atoms with E-state index in [1.165, 1.54) is 0 Å². The van der Waals surface area contributed by atoms with E-state index >= 15 is 0 Å². The molecule has 0 aliphatic carbocycles. The van der Waals surface area contributed by atoms with Crippen LogP contribution in [0.1, 0.15) is 5.69 Å². The molecule has 1 N–H and O–H groups in total.